The van der Waals surface area contributed by atoms with E-state index in [-0.39, 0.29) is 17.4 Å². The second kappa shape index (κ2) is 9.97. The Bertz CT molecular complexity index is 1300. The lowest BCUT2D eigenvalue weighted by molar-refractivity contribution is 0.0636. The molecule has 0 aliphatic carbocycles. The van der Waals surface area contributed by atoms with Crippen LogP contribution < -0.4 is 11.1 Å². The summed E-state index contributed by atoms with van der Waals surface area (Å²) in [6, 6.07) is 19.6. The summed E-state index contributed by atoms with van der Waals surface area (Å²) >= 11 is 0. The van der Waals surface area contributed by atoms with Crippen molar-refractivity contribution < 1.29 is 9.53 Å². The lowest BCUT2D eigenvalue weighted by Crippen LogP contribution is -2.29. The Kier molecular flexibility index (Phi) is 6.44. The molecule has 34 heavy (non-hydrogen) atoms. The van der Waals surface area contributed by atoms with Crippen LogP contribution in [-0.4, -0.2) is 40.6 Å². The van der Waals surface area contributed by atoms with Gasteiger partial charge < -0.3 is 15.8 Å². The fourth-order valence-electron chi connectivity index (χ4n) is 4.35. The minimum Gasteiger partial charge on any atom is -0.382 e. The topological polar surface area (TPSA) is 103 Å². The highest BCUT2D eigenvalue weighted by Crippen LogP contribution is 2.32. The smallest absolute Gasteiger partial charge is 0.273 e. The molecule has 2 aromatic heterocycles. The van der Waals surface area contributed by atoms with Crippen LogP contribution in [0.15, 0.2) is 66.9 Å². The third kappa shape index (κ3) is 4.75. The van der Waals surface area contributed by atoms with Crippen LogP contribution in [0.3, 0.4) is 0 Å². The first-order valence-electron chi connectivity index (χ1n) is 11.6. The summed E-state index contributed by atoms with van der Waals surface area (Å²) in [6.45, 7) is 2.16. The van der Waals surface area contributed by atoms with Crippen LogP contribution in [0.25, 0.3) is 33.4 Å². The predicted molar refractivity (Wildman–Crippen MR) is 133 cm³/mol. The highest BCUT2D eigenvalue weighted by atomic mass is 16.5. The van der Waals surface area contributed by atoms with Crippen LogP contribution in [-0.2, 0) is 4.74 Å². The fraction of sp³-hybridized carbons (Fsp3) is 0.259. The molecule has 1 aliphatic heterocycles. The zero-order valence-electron chi connectivity index (χ0n) is 18.9. The molecule has 7 heteroatoms. The van der Waals surface area contributed by atoms with Gasteiger partial charge in [-0.15, -0.1) is 0 Å². The maximum atomic E-state index is 13.0. The number of pyridine rings is 1. The van der Waals surface area contributed by atoms with E-state index < -0.39 is 0 Å². The van der Waals surface area contributed by atoms with E-state index in [9.17, 15) is 4.79 Å². The number of nitrogens with two attached hydrogens (primary N) is 1. The SMILES string of the molecule is Nc1nc(-c2ccccc2)c(-c2ccc3ncccc3c2)nc1C(=O)NCCC1CCOCC1. The maximum absolute atomic E-state index is 13.0. The van der Waals surface area contributed by atoms with Gasteiger partial charge in [-0.3, -0.25) is 9.78 Å². The first-order chi connectivity index (χ1) is 16.7. The number of nitrogen functional groups attached to an aromatic ring is 1. The van der Waals surface area contributed by atoms with E-state index in [0.29, 0.717) is 23.9 Å². The number of amides is 1. The number of carbonyl (C=O) groups is 1. The molecule has 0 bridgehead atoms. The summed E-state index contributed by atoms with van der Waals surface area (Å²) in [5, 5.41) is 3.97. The van der Waals surface area contributed by atoms with Crippen molar-refractivity contribution in [1.29, 1.82) is 0 Å². The van der Waals surface area contributed by atoms with Gasteiger partial charge in [0, 0.05) is 42.5 Å². The van der Waals surface area contributed by atoms with E-state index in [1.807, 2.05) is 60.7 Å². The molecule has 0 spiro atoms. The Morgan fingerprint density at radius 1 is 0.971 bits per heavy atom. The van der Waals surface area contributed by atoms with E-state index in [1.165, 1.54) is 0 Å². The van der Waals surface area contributed by atoms with Crippen molar-refractivity contribution in [2.24, 2.45) is 5.92 Å². The quantitative estimate of drug-likeness (QED) is 0.446. The number of anilines is 1. The monoisotopic (exact) mass is 453 g/mol. The summed E-state index contributed by atoms with van der Waals surface area (Å²) in [4.78, 5) is 26.8. The Morgan fingerprint density at radius 2 is 1.76 bits per heavy atom. The molecule has 1 aliphatic rings. The van der Waals surface area contributed by atoms with Gasteiger partial charge in [-0.25, -0.2) is 9.97 Å². The number of benzene rings is 2. The van der Waals surface area contributed by atoms with E-state index in [2.05, 4.69) is 15.3 Å². The fourth-order valence-corrected chi connectivity index (χ4v) is 4.35. The number of hydrogen-bond donors (Lipinski definition) is 2. The third-order valence-electron chi connectivity index (χ3n) is 6.24. The van der Waals surface area contributed by atoms with Gasteiger partial charge >= 0.3 is 0 Å². The van der Waals surface area contributed by atoms with E-state index in [4.69, 9.17) is 15.5 Å². The summed E-state index contributed by atoms with van der Waals surface area (Å²) in [5.74, 6) is 0.383. The first-order valence-corrected chi connectivity index (χ1v) is 11.6. The number of carbonyl (C=O) groups excluding carboxylic acids is 1. The van der Waals surface area contributed by atoms with E-state index >= 15 is 0 Å². The van der Waals surface area contributed by atoms with Crippen molar-refractivity contribution in [3.63, 3.8) is 0 Å². The molecule has 1 fully saturated rings. The third-order valence-corrected chi connectivity index (χ3v) is 6.24. The van der Waals surface area contributed by atoms with Gasteiger partial charge in [0.05, 0.1) is 16.9 Å². The highest BCUT2D eigenvalue weighted by molar-refractivity contribution is 5.98. The normalized spacial score (nSPS) is 14.2. The summed E-state index contributed by atoms with van der Waals surface area (Å²) in [5.41, 5.74) is 10.3. The molecular formula is C27H27N5O2. The van der Waals surface area contributed by atoms with Gasteiger partial charge in [0.25, 0.3) is 5.91 Å². The molecule has 0 saturated carbocycles. The minimum absolute atomic E-state index is 0.119. The van der Waals surface area contributed by atoms with Gasteiger partial charge in [0.1, 0.15) is 0 Å². The average Bonchev–Trinajstić information content (AvgIpc) is 2.89. The number of ether oxygens (including phenoxy) is 1. The molecule has 172 valence electrons. The van der Waals surface area contributed by atoms with Gasteiger partial charge in [0.15, 0.2) is 11.5 Å². The number of aromatic nitrogens is 3. The van der Waals surface area contributed by atoms with Crippen LogP contribution in [0, 0.1) is 5.92 Å². The molecule has 0 atom stereocenters. The number of fused-ring (bicyclic) bond motifs is 1. The van der Waals surface area contributed by atoms with Crippen molar-refractivity contribution in [2.75, 3.05) is 25.5 Å². The molecule has 0 radical (unpaired) electrons. The molecule has 5 rings (SSSR count). The molecule has 3 N–H and O–H groups in total. The lowest BCUT2D eigenvalue weighted by Gasteiger charge is -2.21. The maximum Gasteiger partial charge on any atom is 0.273 e. The number of nitrogens with zero attached hydrogens (tertiary/aromatic N) is 3. The summed E-state index contributed by atoms with van der Waals surface area (Å²) < 4.78 is 5.42. The molecule has 3 heterocycles. The van der Waals surface area contributed by atoms with E-state index in [1.54, 1.807) is 6.20 Å². The van der Waals surface area contributed by atoms with Crippen LogP contribution in [0.1, 0.15) is 29.8 Å². The summed E-state index contributed by atoms with van der Waals surface area (Å²) in [7, 11) is 0. The molecule has 1 amide bonds. The second-order valence-electron chi connectivity index (χ2n) is 8.53. The average molecular weight is 454 g/mol. The van der Waals surface area contributed by atoms with Crippen molar-refractivity contribution in [2.45, 2.75) is 19.3 Å². The van der Waals surface area contributed by atoms with Gasteiger partial charge in [-0.1, -0.05) is 42.5 Å². The highest BCUT2D eigenvalue weighted by Gasteiger charge is 2.21. The van der Waals surface area contributed by atoms with Crippen molar-refractivity contribution in [1.82, 2.24) is 20.3 Å². The van der Waals surface area contributed by atoms with Crippen LogP contribution in [0.4, 0.5) is 5.82 Å². The Balaban J connectivity index is 1.48. The van der Waals surface area contributed by atoms with Gasteiger partial charge in [0.2, 0.25) is 0 Å². The molecule has 2 aromatic carbocycles. The van der Waals surface area contributed by atoms with E-state index in [0.717, 1.165) is 54.5 Å². The molecule has 7 nitrogen and oxygen atoms in total. The Labute approximate surface area is 198 Å². The summed E-state index contributed by atoms with van der Waals surface area (Å²) in [6.07, 6.45) is 4.74. The second-order valence-corrected chi connectivity index (χ2v) is 8.53. The van der Waals surface area contributed by atoms with Crippen molar-refractivity contribution >= 4 is 22.6 Å². The van der Waals surface area contributed by atoms with Gasteiger partial charge in [-0.2, -0.15) is 0 Å². The van der Waals surface area contributed by atoms with Crippen LogP contribution >= 0.6 is 0 Å². The molecule has 4 aromatic rings. The van der Waals surface area contributed by atoms with Gasteiger partial charge in [-0.05, 0) is 43.4 Å². The van der Waals surface area contributed by atoms with Crippen LogP contribution in [0.2, 0.25) is 0 Å². The molecule has 1 saturated heterocycles. The number of rotatable bonds is 6. The first kappa shape index (κ1) is 22.0. The van der Waals surface area contributed by atoms with Crippen molar-refractivity contribution in [3.8, 4) is 22.5 Å². The Hall–Kier alpha value is -3.84. The Morgan fingerprint density at radius 3 is 2.59 bits per heavy atom. The molecule has 0 unspecified atom stereocenters. The largest absolute Gasteiger partial charge is 0.382 e. The lowest BCUT2D eigenvalue weighted by atomic mass is 9.97. The van der Waals surface area contributed by atoms with Crippen molar-refractivity contribution in [3.05, 3.63) is 72.6 Å². The number of nitrogens with one attached hydrogen (secondary N) is 1. The zero-order chi connectivity index (χ0) is 23.3. The number of hydrogen-bond acceptors (Lipinski definition) is 6. The predicted octanol–water partition coefficient (Wildman–Crippen LogP) is 4.49. The minimum atomic E-state index is -0.305. The zero-order valence-corrected chi connectivity index (χ0v) is 18.9. The molecular weight excluding hydrogens is 426 g/mol. The van der Waals surface area contributed by atoms with Crippen LogP contribution in [0.5, 0.6) is 0 Å². The standard InChI is InChI=1S/C27H27N5O2/c28-26-25(27(33)30-14-10-18-11-15-34-16-12-18)31-24(23(32-26)19-5-2-1-3-6-19)21-8-9-22-20(17-21)7-4-13-29-22/h1-9,13,17-18H,10-12,14-16H2,(H2,28,32)(H,30,33).